The number of hydrogen-bond donors (Lipinski definition) is 1. The van der Waals surface area contributed by atoms with Crippen molar-refractivity contribution in [3.05, 3.63) is 57.9 Å². The lowest BCUT2D eigenvalue weighted by Crippen LogP contribution is -2.31. The van der Waals surface area contributed by atoms with Gasteiger partial charge in [-0.2, -0.15) is 0 Å². The van der Waals surface area contributed by atoms with Crippen LogP contribution in [0, 0.1) is 0 Å². The molecule has 0 radical (unpaired) electrons. The van der Waals surface area contributed by atoms with Gasteiger partial charge in [0.15, 0.2) is 5.82 Å². The summed E-state index contributed by atoms with van der Waals surface area (Å²) in [5, 5.41) is 0.579. The zero-order valence-electron chi connectivity index (χ0n) is 13.7. The van der Waals surface area contributed by atoms with Gasteiger partial charge in [0.2, 0.25) is 5.95 Å². The number of pyridine rings is 1. The van der Waals surface area contributed by atoms with Gasteiger partial charge >= 0.3 is 0 Å². The lowest BCUT2D eigenvalue weighted by atomic mass is 10.1. The number of aromatic nitrogens is 5. The van der Waals surface area contributed by atoms with Crippen LogP contribution < -0.4 is 5.73 Å². The molecule has 4 heterocycles. The molecule has 2 N–H and O–H groups in total. The molecular weight excluding hydrogens is 373 g/mol. The van der Waals surface area contributed by atoms with Crippen LogP contribution in [0.3, 0.4) is 0 Å². The average molecular weight is 388 g/mol. The first kappa shape index (κ1) is 17.1. The fourth-order valence-electron chi connectivity index (χ4n) is 2.95. The number of anilines is 1. The molecule has 0 saturated carbocycles. The Morgan fingerprint density at radius 2 is 1.81 bits per heavy atom. The monoisotopic (exact) mass is 387 g/mol. The maximum Gasteiger partial charge on any atom is 0.222 e. The third kappa shape index (κ3) is 3.46. The highest BCUT2D eigenvalue weighted by Gasteiger charge is 2.21. The van der Waals surface area contributed by atoms with Crippen molar-refractivity contribution in [1.82, 2.24) is 29.8 Å². The summed E-state index contributed by atoms with van der Waals surface area (Å²) in [7, 11) is 0. The summed E-state index contributed by atoms with van der Waals surface area (Å²) in [6, 6.07) is 3.81. The van der Waals surface area contributed by atoms with E-state index in [0.717, 1.165) is 35.6 Å². The van der Waals surface area contributed by atoms with Crippen molar-refractivity contribution < 1.29 is 0 Å². The molecule has 3 aromatic heterocycles. The topological polar surface area (TPSA) is 93.7 Å². The fourth-order valence-corrected chi connectivity index (χ4v) is 3.47. The van der Waals surface area contributed by atoms with Crippen molar-refractivity contribution >= 4 is 29.2 Å². The van der Waals surface area contributed by atoms with Crippen molar-refractivity contribution in [3.63, 3.8) is 0 Å². The molecule has 9 heteroatoms. The number of halogens is 2. The Kier molecular flexibility index (Phi) is 4.67. The molecule has 132 valence electrons. The van der Waals surface area contributed by atoms with Gasteiger partial charge in [0.1, 0.15) is 10.3 Å². The minimum absolute atomic E-state index is 0.0739. The van der Waals surface area contributed by atoms with Crippen LogP contribution in [-0.4, -0.2) is 36.4 Å². The molecule has 0 saturated heterocycles. The predicted octanol–water partition coefficient (Wildman–Crippen LogP) is 2.78. The zero-order valence-corrected chi connectivity index (χ0v) is 15.2. The summed E-state index contributed by atoms with van der Waals surface area (Å²) in [6.07, 6.45) is 6.18. The third-order valence-electron chi connectivity index (χ3n) is 4.26. The maximum absolute atomic E-state index is 6.17. The van der Waals surface area contributed by atoms with Gasteiger partial charge < -0.3 is 5.73 Å². The molecule has 26 heavy (non-hydrogen) atoms. The second-order valence-corrected chi connectivity index (χ2v) is 6.72. The van der Waals surface area contributed by atoms with Crippen LogP contribution in [0.2, 0.25) is 10.3 Å². The average Bonchev–Trinajstić information content (AvgIpc) is 2.65. The Labute approximate surface area is 160 Å². The molecule has 0 amide bonds. The summed E-state index contributed by atoms with van der Waals surface area (Å²) in [6.45, 7) is 2.09. The number of rotatable bonds is 3. The number of fused-ring (bicyclic) bond motifs is 1. The van der Waals surface area contributed by atoms with Crippen molar-refractivity contribution in [2.24, 2.45) is 0 Å². The van der Waals surface area contributed by atoms with Gasteiger partial charge in [-0.05, 0) is 12.1 Å². The normalized spacial score (nSPS) is 14.2. The van der Waals surface area contributed by atoms with E-state index in [-0.39, 0.29) is 16.3 Å². The molecule has 0 atom stereocenters. The Balaban J connectivity index is 1.54. The van der Waals surface area contributed by atoms with Crippen LogP contribution in [0.1, 0.15) is 16.8 Å². The highest BCUT2D eigenvalue weighted by Crippen LogP contribution is 2.27. The van der Waals surface area contributed by atoms with Crippen LogP contribution in [-0.2, 0) is 19.5 Å². The first-order chi connectivity index (χ1) is 12.6. The Bertz CT molecular complexity index is 926. The van der Waals surface area contributed by atoms with E-state index < -0.39 is 0 Å². The van der Waals surface area contributed by atoms with E-state index in [0.29, 0.717) is 18.7 Å². The van der Waals surface area contributed by atoms with E-state index >= 15 is 0 Å². The SMILES string of the molecule is Nc1nc(Cl)c(CN2CCc3nc(-c4ccncc4)ncc3C2)c(Cl)n1. The summed E-state index contributed by atoms with van der Waals surface area (Å²) in [5.41, 5.74) is 9.36. The summed E-state index contributed by atoms with van der Waals surface area (Å²) in [5.74, 6) is 0.794. The number of nitrogens with zero attached hydrogens (tertiary/aromatic N) is 6. The van der Waals surface area contributed by atoms with Gasteiger partial charge in [-0.1, -0.05) is 23.2 Å². The van der Waals surface area contributed by atoms with Gasteiger partial charge in [-0.15, -0.1) is 0 Å². The molecular formula is C17H15Cl2N7. The minimum Gasteiger partial charge on any atom is -0.368 e. The molecule has 0 aliphatic carbocycles. The second kappa shape index (κ2) is 7.11. The van der Waals surface area contributed by atoms with E-state index in [1.807, 2.05) is 18.3 Å². The molecule has 0 bridgehead atoms. The van der Waals surface area contributed by atoms with Gasteiger partial charge in [-0.25, -0.2) is 19.9 Å². The van der Waals surface area contributed by atoms with Crippen LogP contribution in [0.4, 0.5) is 5.95 Å². The van der Waals surface area contributed by atoms with Gasteiger partial charge in [0.25, 0.3) is 0 Å². The molecule has 4 rings (SSSR count). The number of hydrogen-bond acceptors (Lipinski definition) is 7. The highest BCUT2D eigenvalue weighted by atomic mass is 35.5. The molecule has 1 aliphatic heterocycles. The quantitative estimate of drug-likeness (QED) is 0.690. The zero-order chi connectivity index (χ0) is 18.1. The van der Waals surface area contributed by atoms with Crippen molar-refractivity contribution in [2.75, 3.05) is 12.3 Å². The number of nitrogen functional groups attached to an aromatic ring is 1. The molecule has 1 aliphatic rings. The van der Waals surface area contributed by atoms with E-state index in [1.165, 1.54) is 0 Å². The molecule has 3 aromatic rings. The lowest BCUT2D eigenvalue weighted by Gasteiger charge is -2.28. The summed E-state index contributed by atoms with van der Waals surface area (Å²) < 4.78 is 0. The van der Waals surface area contributed by atoms with Crippen LogP contribution in [0.15, 0.2) is 30.7 Å². The molecule has 0 fully saturated rings. The second-order valence-electron chi connectivity index (χ2n) is 6.00. The molecule has 7 nitrogen and oxygen atoms in total. The number of nitrogens with two attached hydrogens (primary N) is 1. The van der Waals surface area contributed by atoms with E-state index in [2.05, 4.69) is 24.8 Å². The standard InChI is InChI=1S/C17H15Cl2N7/c18-14-12(15(19)25-17(20)24-14)9-26-6-3-13-11(8-26)7-22-16(23-13)10-1-4-21-5-2-10/h1-2,4-5,7H,3,6,8-9H2,(H2,20,24,25). The predicted molar refractivity (Wildman–Crippen MR) is 99.5 cm³/mol. The summed E-state index contributed by atoms with van der Waals surface area (Å²) in [4.78, 5) is 23.4. The van der Waals surface area contributed by atoms with E-state index in [9.17, 15) is 0 Å². The van der Waals surface area contributed by atoms with E-state index in [1.54, 1.807) is 12.4 Å². The molecule has 0 spiro atoms. The Morgan fingerprint density at radius 3 is 2.54 bits per heavy atom. The van der Waals surface area contributed by atoms with Crippen molar-refractivity contribution in [1.29, 1.82) is 0 Å². The third-order valence-corrected chi connectivity index (χ3v) is 4.88. The van der Waals surface area contributed by atoms with Gasteiger partial charge in [0.05, 0.1) is 5.69 Å². The fraction of sp³-hybridized carbons (Fsp3) is 0.235. The van der Waals surface area contributed by atoms with Crippen molar-refractivity contribution in [3.8, 4) is 11.4 Å². The van der Waals surface area contributed by atoms with E-state index in [4.69, 9.17) is 33.9 Å². The lowest BCUT2D eigenvalue weighted by molar-refractivity contribution is 0.242. The smallest absolute Gasteiger partial charge is 0.222 e. The van der Waals surface area contributed by atoms with Gasteiger partial charge in [0, 0.05) is 61.3 Å². The van der Waals surface area contributed by atoms with Crippen molar-refractivity contribution in [2.45, 2.75) is 19.5 Å². The largest absolute Gasteiger partial charge is 0.368 e. The molecule has 0 unspecified atom stereocenters. The summed E-state index contributed by atoms with van der Waals surface area (Å²) >= 11 is 12.3. The van der Waals surface area contributed by atoms with Gasteiger partial charge in [-0.3, -0.25) is 9.88 Å². The highest BCUT2D eigenvalue weighted by molar-refractivity contribution is 6.34. The Morgan fingerprint density at radius 1 is 1.08 bits per heavy atom. The minimum atomic E-state index is 0.0739. The van der Waals surface area contributed by atoms with Crippen LogP contribution in [0.5, 0.6) is 0 Å². The van der Waals surface area contributed by atoms with Crippen LogP contribution >= 0.6 is 23.2 Å². The Hall–Kier alpha value is -2.35. The first-order valence-corrected chi connectivity index (χ1v) is 8.80. The first-order valence-electron chi connectivity index (χ1n) is 8.05. The maximum atomic E-state index is 6.17. The molecule has 0 aromatic carbocycles. The van der Waals surface area contributed by atoms with Crippen LogP contribution in [0.25, 0.3) is 11.4 Å².